The normalized spacial score (nSPS) is 11.6. The first-order valence-electron chi connectivity index (χ1n) is 10.1. The van der Waals surface area contributed by atoms with Crippen molar-refractivity contribution in [3.05, 3.63) is 84.2 Å². The van der Waals surface area contributed by atoms with E-state index in [9.17, 15) is 17.6 Å². The van der Waals surface area contributed by atoms with Gasteiger partial charge >= 0.3 is 0 Å². The summed E-state index contributed by atoms with van der Waals surface area (Å²) in [6, 6.07) is 20.6. The molecule has 0 spiro atoms. The van der Waals surface area contributed by atoms with Crippen molar-refractivity contribution in [3.63, 3.8) is 0 Å². The number of carbonyl (C=O) groups excluding carboxylic acids is 1. The van der Waals surface area contributed by atoms with Gasteiger partial charge in [0.15, 0.2) is 15.0 Å². The Morgan fingerprint density at radius 2 is 1.79 bits per heavy atom. The van der Waals surface area contributed by atoms with Crippen LogP contribution in [0, 0.1) is 5.82 Å². The number of fused-ring (bicyclic) bond motifs is 1. The molecule has 0 N–H and O–H groups in total. The van der Waals surface area contributed by atoms with Crippen LogP contribution >= 0.6 is 23.1 Å². The molecule has 0 radical (unpaired) electrons. The van der Waals surface area contributed by atoms with Gasteiger partial charge in [0.1, 0.15) is 5.82 Å². The lowest BCUT2D eigenvalue weighted by Gasteiger charge is -2.20. The molecule has 0 aliphatic carbocycles. The maximum atomic E-state index is 13.2. The Hall–Kier alpha value is -2.75. The van der Waals surface area contributed by atoms with Crippen molar-refractivity contribution < 1.29 is 17.6 Å². The largest absolute Gasteiger partial charge is 0.284 e. The van der Waals surface area contributed by atoms with Gasteiger partial charge in [0.25, 0.3) is 0 Å². The molecule has 33 heavy (non-hydrogen) atoms. The smallest absolute Gasteiger partial charge is 0.229 e. The van der Waals surface area contributed by atoms with E-state index in [4.69, 9.17) is 0 Å². The first-order valence-corrected chi connectivity index (χ1v) is 13.8. The van der Waals surface area contributed by atoms with Crippen molar-refractivity contribution >= 4 is 54.2 Å². The van der Waals surface area contributed by atoms with Gasteiger partial charge in [-0.05, 0) is 48.0 Å². The summed E-state index contributed by atoms with van der Waals surface area (Å²) in [5.74, 6) is 0.161. The maximum Gasteiger partial charge on any atom is 0.229 e. The molecule has 0 saturated heterocycles. The molecule has 1 amide bonds. The molecule has 0 bridgehead atoms. The fourth-order valence-corrected chi connectivity index (χ4v) is 5.77. The van der Waals surface area contributed by atoms with Gasteiger partial charge in [-0.15, -0.1) is 11.8 Å². The predicted molar refractivity (Wildman–Crippen MR) is 132 cm³/mol. The molecule has 1 heterocycles. The molecule has 9 heteroatoms. The lowest BCUT2D eigenvalue weighted by Crippen LogP contribution is -2.30. The lowest BCUT2D eigenvalue weighted by atomic mass is 10.2. The molecular formula is C24H21FN2O3S3. The third kappa shape index (κ3) is 5.98. The summed E-state index contributed by atoms with van der Waals surface area (Å²) in [7, 11) is -3.34. The second kappa shape index (κ2) is 10.0. The topological polar surface area (TPSA) is 67.3 Å². The van der Waals surface area contributed by atoms with E-state index in [0.717, 1.165) is 10.5 Å². The molecule has 3 aromatic carbocycles. The van der Waals surface area contributed by atoms with E-state index in [1.54, 1.807) is 29.2 Å². The van der Waals surface area contributed by atoms with Crippen LogP contribution in [0.5, 0.6) is 0 Å². The number of rotatable bonds is 8. The number of halogens is 1. The highest BCUT2D eigenvalue weighted by Crippen LogP contribution is 2.32. The van der Waals surface area contributed by atoms with Gasteiger partial charge in [-0.2, -0.15) is 0 Å². The Morgan fingerprint density at radius 3 is 2.48 bits per heavy atom. The Kier molecular flexibility index (Phi) is 7.11. The standard InChI is InChI=1S/C24H21FN2O3S3/c1-33(29,30)20-11-12-21-22(15-20)32-24(26-21)27(16-17-5-3-2-4-6-17)23(28)13-14-31-19-9-7-18(25)8-10-19/h2-12,15H,13-14,16H2,1H3. The fraction of sp³-hybridized carbons (Fsp3) is 0.167. The lowest BCUT2D eigenvalue weighted by molar-refractivity contribution is -0.118. The number of hydrogen-bond acceptors (Lipinski definition) is 6. The second-order valence-electron chi connectivity index (χ2n) is 7.42. The molecule has 1 aromatic heterocycles. The van der Waals surface area contributed by atoms with Crippen molar-refractivity contribution in [2.75, 3.05) is 16.9 Å². The van der Waals surface area contributed by atoms with Gasteiger partial charge in [0.05, 0.1) is 21.7 Å². The van der Waals surface area contributed by atoms with Gasteiger partial charge in [-0.25, -0.2) is 17.8 Å². The minimum Gasteiger partial charge on any atom is -0.284 e. The summed E-state index contributed by atoms with van der Waals surface area (Å²) in [6.45, 7) is 0.361. The first-order chi connectivity index (χ1) is 15.8. The van der Waals surface area contributed by atoms with Crippen LogP contribution < -0.4 is 4.90 Å². The van der Waals surface area contributed by atoms with E-state index in [-0.39, 0.29) is 23.0 Å². The van der Waals surface area contributed by atoms with Crippen LogP contribution in [-0.2, 0) is 21.2 Å². The summed E-state index contributed by atoms with van der Waals surface area (Å²) < 4.78 is 37.6. The molecule has 4 rings (SSSR count). The maximum absolute atomic E-state index is 13.2. The highest BCUT2D eigenvalue weighted by Gasteiger charge is 2.21. The molecule has 0 aliphatic rings. The third-order valence-electron chi connectivity index (χ3n) is 4.89. The summed E-state index contributed by atoms with van der Waals surface area (Å²) >= 11 is 2.78. The monoisotopic (exact) mass is 500 g/mol. The third-order valence-corrected chi connectivity index (χ3v) is 8.06. The molecule has 170 valence electrons. The predicted octanol–water partition coefficient (Wildman–Crippen LogP) is 5.55. The Morgan fingerprint density at radius 1 is 1.06 bits per heavy atom. The van der Waals surface area contributed by atoms with Crippen LogP contribution in [0.4, 0.5) is 9.52 Å². The average Bonchev–Trinajstić information content (AvgIpc) is 3.22. The van der Waals surface area contributed by atoms with E-state index >= 15 is 0 Å². The highest BCUT2D eigenvalue weighted by atomic mass is 32.2. The molecule has 0 atom stereocenters. The number of anilines is 1. The number of benzene rings is 3. The number of aromatic nitrogens is 1. The zero-order valence-electron chi connectivity index (χ0n) is 17.8. The number of sulfone groups is 1. The van der Waals surface area contributed by atoms with Gasteiger partial charge in [0, 0.05) is 23.3 Å². The quantitative estimate of drug-likeness (QED) is 0.297. The molecular weight excluding hydrogens is 479 g/mol. The van der Waals surface area contributed by atoms with Crippen molar-refractivity contribution in [3.8, 4) is 0 Å². The molecule has 0 aliphatic heterocycles. The van der Waals surface area contributed by atoms with E-state index < -0.39 is 9.84 Å². The number of nitrogens with zero attached hydrogens (tertiary/aromatic N) is 2. The van der Waals surface area contributed by atoms with Crippen LogP contribution in [0.1, 0.15) is 12.0 Å². The number of carbonyl (C=O) groups is 1. The summed E-state index contributed by atoms with van der Waals surface area (Å²) in [5, 5.41) is 0.524. The van der Waals surface area contributed by atoms with Crippen molar-refractivity contribution in [1.82, 2.24) is 4.98 Å². The SMILES string of the molecule is CS(=O)(=O)c1ccc2nc(N(Cc3ccccc3)C(=O)CCSc3ccc(F)cc3)sc2c1. The summed E-state index contributed by atoms with van der Waals surface area (Å²) in [6.07, 6.45) is 1.44. The number of amides is 1. The zero-order chi connectivity index (χ0) is 23.4. The Balaban J connectivity index is 1.57. The minimum absolute atomic E-state index is 0.0872. The minimum atomic E-state index is -3.34. The summed E-state index contributed by atoms with van der Waals surface area (Å²) in [4.78, 5) is 20.6. The molecule has 0 saturated carbocycles. The van der Waals surface area contributed by atoms with Crippen LogP contribution in [0.3, 0.4) is 0 Å². The van der Waals surface area contributed by atoms with E-state index in [2.05, 4.69) is 4.98 Å². The number of hydrogen-bond donors (Lipinski definition) is 0. The first kappa shape index (κ1) is 23.4. The second-order valence-corrected chi connectivity index (χ2v) is 11.6. The van der Waals surface area contributed by atoms with Gasteiger partial charge in [-0.3, -0.25) is 9.69 Å². The van der Waals surface area contributed by atoms with Gasteiger partial charge < -0.3 is 0 Å². The van der Waals surface area contributed by atoms with Crippen LogP contribution in [0.25, 0.3) is 10.2 Å². The fourth-order valence-electron chi connectivity index (χ4n) is 3.19. The average molecular weight is 501 g/mol. The molecule has 0 fully saturated rings. The molecule has 0 unspecified atom stereocenters. The number of thiazole rings is 1. The zero-order valence-corrected chi connectivity index (χ0v) is 20.2. The Bertz CT molecular complexity index is 1370. The van der Waals surface area contributed by atoms with Crippen molar-refractivity contribution in [2.45, 2.75) is 22.8 Å². The Labute approximate surface area is 200 Å². The highest BCUT2D eigenvalue weighted by molar-refractivity contribution is 7.99. The molecule has 4 aromatic rings. The van der Waals surface area contributed by atoms with Crippen LogP contribution in [0.15, 0.2) is 82.6 Å². The van der Waals surface area contributed by atoms with Crippen molar-refractivity contribution in [2.24, 2.45) is 0 Å². The summed E-state index contributed by atoms with van der Waals surface area (Å²) in [5.41, 5.74) is 1.61. The van der Waals surface area contributed by atoms with E-state index in [0.29, 0.717) is 27.6 Å². The van der Waals surface area contributed by atoms with Crippen LogP contribution in [0.2, 0.25) is 0 Å². The van der Waals surface area contributed by atoms with E-state index in [1.807, 2.05) is 30.3 Å². The number of thioether (sulfide) groups is 1. The van der Waals surface area contributed by atoms with Crippen LogP contribution in [-0.4, -0.2) is 31.3 Å². The van der Waals surface area contributed by atoms with Gasteiger partial charge in [0.2, 0.25) is 5.91 Å². The van der Waals surface area contributed by atoms with E-state index in [1.165, 1.54) is 47.6 Å². The van der Waals surface area contributed by atoms with Gasteiger partial charge in [-0.1, -0.05) is 41.7 Å². The molecule has 5 nitrogen and oxygen atoms in total. The van der Waals surface area contributed by atoms with Crippen molar-refractivity contribution in [1.29, 1.82) is 0 Å².